The van der Waals surface area contributed by atoms with E-state index in [4.69, 9.17) is 47.4 Å². The van der Waals surface area contributed by atoms with Gasteiger partial charge in [-0.2, -0.15) is 0 Å². The van der Waals surface area contributed by atoms with E-state index in [0.29, 0.717) is 44.1 Å². The highest BCUT2D eigenvalue weighted by molar-refractivity contribution is 5.87. The Bertz CT molecular complexity index is 2530. The standard InChI is InChI=1S/C60H94O26/c1-12-24(2)50(76)86-48-47(73)60(23-78-26(4)62)28(19-55(48,5)6)27-13-14-32-57(9)17-16-34(56(7,8)31(57)15-18-58(32,10)59(27,11)20-33(60)64)81-54-46(85-52-41(71)39(69)37(67)30(21-61)80-52)43(42(72)44(83-54)49(74)75)82-53-45(36(66)29(63)22-77-53)84-51-40(70)38(68)35(65)25(3)79-51/h12-13,25,28-48,51-54,61,63-73H,14-23H2,1-11H3,(H,74,75)/b24-12-/t25-,28-,29-,30+,31-,32+,33+,34-,35-,36-,37-,38+,39-,40+,41+,42-,43-,44-,45+,46+,47-,48-,51-,52-,53-,54+,57-,58+,59+,60-/m0/s1. The van der Waals surface area contributed by atoms with Crippen LogP contribution in [0, 0.1) is 50.2 Å². The van der Waals surface area contributed by atoms with Gasteiger partial charge >= 0.3 is 17.9 Å². The van der Waals surface area contributed by atoms with Gasteiger partial charge in [0.1, 0.15) is 98.2 Å². The summed E-state index contributed by atoms with van der Waals surface area (Å²) in [5.74, 6) is -3.50. The molecule has 0 spiro atoms. The van der Waals surface area contributed by atoms with Gasteiger partial charge in [0, 0.05) is 17.9 Å². The summed E-state index contributed by atoms with van der Waals surface area (Å²) in [6.45, 7) is 18.8. The first-order valence-corrected chi connectivity index (χ1v) is 30.3. The van der Waals surface area contributed by atoms with Crippen LogP contribution in [0.4, 0.5) is 0 Å². The Hall–Kier alpha value is -2.91. The molecule has 8 fully saturated rings. The first kappa shape index (κ1) is 67.5. The van der Waals surface area contributed by atoms with E-state index in [1.165, 1.54) is 13.8 Å². The highest BCUT2D eigenvalue weighted by Gasteiger charge is 2.73. The van der Waals surface area contributed by atoms with Gasteiger partial charge in [0.05, 0.1) is 36.9 Å². The number of carbonyl (C=O) groups is 3. The van der Waals surface area contributed by atoms with E-state index in [0.717, 1.165) is 5.57 Å². The van der Waals surface area contributed by atoms with Gasteiger partial charge in [-0.15, -0.1) is 0 Å². The number of esters is 2. The fraction of sp³-hybridized carbons (Fsp3) is 0.883. The molecule has 0 aromatic heterocycles. The van der Waals surface area contributed by atoms with Crippen molar-refractivity contribution in [3.8, 4) is 0 Å². The molecule has 9 aliphatic rings. The second-order valence-electron chi connectivity index (χ2n) is 28.1. The van der Waals surface area contributed by atoms with Gasteiger partial charge < -0.3 is 114 Å². The number of carboxylic acids is 1. The number of fused-ring (bicyclic) bond motifs is 7. The van der Waals surface area contributed by atoms with Crippen molar-refractivity contribution in [2.75, 3.05) is 19.8 Å². The lowest BCUT2D eigenvalue weighted by Gasteiger charge is -2.72. The van der Waals surface area contributed by atoms with E-state index in [1.807, 2.05) is 27.7 Å². The van der Waals surface area contributed by atoms with Crippen molar-refractivity contribution < 1.29 is 128 Å². The fourth-order valence-electron chi connectivity index (χ4n) is 17.2. The molecule has 5 aliphatic carbocycles. The molecule has 26 nitrogen and oxygen atoms in total. The smallest absolute Gasteiger partial charge is 0.335 e. The molecule has 490 valence electrons. The summed E-state index contributed by atoms with van der Waals surface area (Å²) in [6, 6.07) is 0. The van der Waals surface area contributed by atoms with E-state index in [1.54, 1.807) is 19.9 Å². The van der Waals surface area contributed by atoms with E-state index in [9.17, 15) is 80.8 Å². The van der Waals surface area contributed by atoms with Crippen LogP contribution in [0.15, 0.2) is 23.3 Å². The molecule has 4 heterocycles. The summed E-state index contributed by atoms with van der Waals surface area (Å²) < 4.78 is 60.8. The van der Waals surface area contributed by atoms with Crippen molar-refractivity contribution in [2.24, 2.45) is 50.2 Å². The maximum atomic E-state index is 13.4. The van der Waals surface area contributed by atoms with Crippen LogP contribution in [0.2, 0.25) is 0 Å². The highest BCUT2D eigenvalue weighted by atomic mass is 16.8. The van der Waals surface area contributed by atoms with E-state index < -0.39 is 211 Å². The van der Waals surface area contributed by atoms with Gasteiger partial charge in [-0.3, -0.25) is 4.79 Å². The van der Waals surface area contributed by atoms with Gasteiger partial charge in [0.25, 0.3) is 0 Å². The number of rotatable bonds is 14. The SMILES string of the molecule is C/C=C(/C)C(=O)O[C@H]1[C@H](O)[C@]2(COC(C)=O)[C@H](O)C[C@]3(C)C(=CC[C@@H]4[C@@]5(C)CC[C@H](O[C@@H]6O[C@H](C(=O)O)[C@@H](O)[C@H](O[C@@H]7OC[C@H](O)[C@H](O)[C@H]7O[C@@H]7O[C@@H](C)[C@H](O)[C@@H](O)[C@H]7O)[C@H]6O[C@@H]6O[C@H](CO)[C@H](O)[C@H](O)[C@H]6O)C(C)(C)[C@@H]5CC[C@]43C)[C@@H]2CC1(C)C. The predicted molar refractivity (Wildman–Crippen MR) is 293 cm³/mol. The third-order valence-corrected chi connectivity index (χ3v) is 22.6. The van der Waals surface area contributed by atoms with Crippen LogP contribution >= 0.6 is 0 Å². The van der Waals surface area contributed by atoms with Gasteiger partial charge in [0.15, 0.2) is 31.3 Å². The molecular weight excluding hydrogens is 1140 g/mol. The van der Waals surface area contributed by atoms with Crippen molar-refractivity contribution in [1.82, 2.24) is 0 Å². The first-order chi connectivity index (χ1) is 40.1. The number of carbonyl (C=O) groups excluding carboxylic acids is 2. The molecule has 0 amide bonds. The van der Waals surface area contributed by atoms with Crippen LogP contribution in [-0.2, 0) is 61.8 Å². The average Bonchev–Trinajstić information content (AvgIpc) is 0.674. The minimum absolute atomic E-state index is 0.0105. The van der Waals surface area contributed by atoms with Crippen molar-refractivity contribution in [2.45, 2.75) is 262 Å². The highest BCUT2D eigenvalue weighted by Crippen LogP contribution is 2.76. The summed E-state index contributed by atoms with van der Waals surface area (Å²) in [5.41, 5.74) is -3.18. The lowest BCUT2D eigenvalue weighted by Crippen LogP contribution is -2.72. The molecule has 0 radical (unpaired) electrons. The Morgan fingerprint density at radius 3 is 1.94 bits per heavy atom. The monoisotopic (exact) mass is 1230 g/mol. The van der Waals surface area contributed by atoms with Gasteiger partial charge in [-0.05, 0) is 105 Å². The lowest BCUT2D eigenvalue weighted by molar-refractivity contribution is -0.400. The maximum absolute atomic E-state index is 13.4. The lowest BCUT2D eigenvalue weighted by atomic mass is 9.33. The number of allylic oxidation sites excluding steroid dienone is 3. The van der Waals surface area contributed by atoms with E-state index in [-0.39, 0.29) is 24.9 Å². The van der Waals surface area contributed by atoms with Crippen molar-refractivity contribution in [3.63, 3.8) is 0 Å². The van der Waals surface area contributed by atoms with Crippen LogP contribution in [0.1, 0.15) is 121 Å². The molecule has 4 saturated heterocycles. The maximum Gasteiger partial charge on any atom is 0.335 e. The summed E-state index contributed by atoms with van der Waals surface area (Å²) in [7, 11) is 0. The topological polar surface area (TPSA) is 407 Å². The van der Waals surface area contributed by atoms with Gasteiger partial charge in [-0.1, -0.05) is 66.2 Å². The molecule has 4 saturated carbocycles. The molecule has 4 aliphatic heterocycles. The summed E-state index contributed by atoms with van der Waals surface area (Å²) in [6.07, 6.45) is -32.1. The first-order valence-electron chi connectivity index (χ1n) is 30.3. The Balaban J connectivity index is 1.04. The zero-order chi connectivity index (χ0) is 63.5. The Labute approximate surface area is 500 Å². The van der Waals surface area contributed by atoms with Crippen molar-refractivity contribution >= 4 is 17.9 Å². The van der Waals surface area contributed by atoms with E-state index >= 15 is 0 Å². The molecule has 26 heteroatoms. The van der Waals surface area contributed by atoms with Gasteiger partial charge in [-0.25, -0.2) is 9.59 Å². The molecular formula is C60H94O26. The normalized spacial score (nSPS) is 50.9. The number of aliphatic carboxylic acids is 1. The molecule has 13 N–H and O–H groups in total. The van der Waals surface area contributed by atoms with Crippen LogP contribution in [0.5, 0.6) is 0 Å². The van der Waals surface area contributed by atoms with Crippen molar-refractivity contribution in [1.29, 1.82) is 0 Å². The second kappa shape index (κ2) is 24.6. The number of hydrogen-bond donors (Lipinski definition) is 13. The number of aliphatic hydroxyl groups excluding tert-OH is 12. The zero-order valence-electron chi connectivity index (χ0n) is 50.9. The fourth-order valence-corrected chi connectivity index (χ4v) is 17.2. The largest absolute Gasteiger partial charge is 0.479 e. The summed E-state index contributed by atoms with van der Waals surface area (Å²) in [4.78, 5) is 39.1. The quantitative estimate of drug-likeness (QED) is 0.0438. The Morgan fingerprint density at radius 1 is 0.686 bits per heavy atom. The predicted octanol–water partition coefficient (Wildman–Crippen LogP) is -0.803. The number of aliphatic hydroxyl groups is 12. The summed E-state index contributed by atoms with van der Waals surface area (Å²) >= 11 is 0. The van der Waals surface area contributed by atoms with Gasteiger partial charge in [0.2, 0.25) is 0 Å². The van der Waals surface area contributed by atoms with E-state index in [2.05, 4.69) is 26.8 Å². The molecule has 0 aromatic rings. The Kier molecular flexibility index (Phi) is 19.3. The molecule has 0 unspecified atom stereocenters. The van der Waals surface area contributed by atoms with Crippen LogP contribution in [0.25, 0.3) is 0 Å². The number of ether oxygens (including phenoxy) is 10. The average molecular weight is 1230 g/mol. The van der Waals surface area contributed by atoms with Crippen molar-refractivity contribution in [3.05, 3.63) is 23.3 Å². The summed E-state index contributed by atoms with van der Waals surface area (Å²) in [5, 5.41) is 146. The number of carboxylic acid groups (broad SMARTS) is 1. The molecule has 86 heavy (non-hydrogen) atoms. The number of hydrogen-bond acceptors (Lipinski definition) is 25. The molecule has 30 atom stereocenters. The third kappa shape index (κ3) is 11.1. The minimum Gasteiger partial charge on any atom is -0.479 e. The zero-order valence-corrected chi connectivity index (χ0v) is 50.9. The molecule has 9 rings (SSSR count). The molecule has 0 aromatic carbocycles. The van der Waals surface area contributed by atoms with Crippen LogP contribution in [-0.4, -0.2) is 245 Å². The van der Waals surface area contributed by atoms with Crippen LogP contribution in [0.3, 0.4) is 0 Å². The second-order valence-corrected chi connectivity index (χ2v) is 28.1. The van der Waals surface area contributed by atoms with Crippen LogP contribution < -0.4 is 0 Å². The Morgan fingerprint density at radius 2 is 1.31 bits per heavy atom. The third-order valence-electron chi connectivity index (χ3n) is 22.6. The minimum atomic E-state index is -2.21. The molecule has 0 bridgehead atoms.